The molecule has 2 saturated heterocycles. The number of nitrogens with zero attached hydrogens (tertiary/aromatic N) is 1. The number of carboxylic acid groups (broad SMARTS) is 1. The molecule has 2 atom stereocenters. The van der Waals surface area contributed by atoms with Crippen molar-refractivity contribution >= 4 is 5.97 Å². The molecule has 4 rings (SSSR count). The minimum Gasteiger partial charge on any atom is -0.481 e. The number of piperidine rings is 1. The zero-order valence-electron chi connectivity index (χ0n) is 15.1. The van der Waals surface area contributed by atoms with Gasteiger partial charge in [-0.3, -0.25) is 9.69 Å². The molecule has 0 unspecified atom stereocenters. The van der Waals surface area contributed by atoms with Gasteiger partial charge in [-0.2, -0.15) is 0 Å². The number of hydrogen-bond donors (Lipinski definition) is 1. The summed E-state index contributed by atoms with van der Waals surface area (Å²) in [5, 5.41) is 9.75. The minimum atomic E-state index is -0.687. The molecular formula is C22H25NO3. The molecule has 2 aromatic rings. The van der Waals surface area contributed by atoms with Gasteiger partial charge in [-0.25, -0.2) is 0 Å². The van der Waals surface area contributed by atoms with E-state index in [2.05, 4.69) is 48.2 Å². The number of rotatable bonds is 4. The lowest BCUT2D eigenvalue weighted by Gasteiger charge is -2.54. The van der Waals surface area contributed by atoms with E-state index in [1.54, 1.807) is 0 Å². The number of carboxylic acids is 1. The summed E-state index contributed by atoms with van der Waals surface area (Å²) in [7, 11) is 0. The van der Waals surface area contributed by atoms with Crippen LogP contribution in [-0.4, -0.2) is 42.3 Å². The third-order valence-corrected chi connectivity index (χ3v) is 6.09. The average molecular weight is 351 g/mol. The molecule has 1 N–H and O–H groups in total. The van der Waals surface area contributed by atoms with Crippen LogP contribution < -0.4 is 0 Å². The maximum absolute atomic E-state index is 11.9. The molecule has 0 saturated carbocycles. The van der Waals surface area contributed by atoms with Gasteiger partial charge >= 0.3 is 5.97 Å². The first-order chi connectivity index (χ1) is 12.6. The van der Waals surface area contributed by atoms with Crippen LogP contribution in [0.5, 0.6) is 0 Å². The smallest absolute Gasteiger partial charge is 0.307 e. The van der Waals surface area contributed by atoms with Crippen LogP contribution in [0.4, 0.5) is 0 Å². The largest absolute Gasteiger partial charge is 0.481 e. The second kappa shape index (κ2) is 6.86. The van der Waals surface area contributed by atoms with E-state index in [1.165, 1.54) is 11.1 Å². The van der Waals surface area contributed by atoms with E-state index >= 15 is 0 Å². The number of aryl methyl sites for hydroxylation is 1. The topological polar surface area (TPSA) is 49.8 Å². The van der Waals surface area contributed by atoms with E-state index in [1.807, 2.05) is 18.2 Å². The zero-order chi connectivity index (χ0) is 18.1. The van der Waals surface area contributed by atoms with Gasteiger partial charge in [-0.05, 0) is 30.0 Å². The van der Waals surface area contributed by atoms with E-state index in [-0.39, 0.29) is 17.4 Å². The van der Waals surface area contributed by atoms with Crippen molar-refractivity contribution in [2.45, 2.75) is 24.8 Å². The Hall–Kier alpha value is -2.17. The molecule has 2 fully saturated rings. The number of aliphatic carboxylic acids is 1. The Labute approximate surface area is 154 Å². The van der Waals surface area contributed by atoms with Crippen LogP contribution in [0.3, 0.4) is 0 Å². The Balaban J connectivity index is 1.68. The van der Waals surface area contributed by atoms with Crippen molar-refractivity contribution in [1.82, 2.24) is 4.90 Å². The van der Waals surface area contributed by atoms with Gasteiger partial charge in [0.15, 0.2) is 0 Å². The van der Waals surface area contributed by atoms with Gasteiger partial charge in [-0.1, -0.05) is 54.6 Å². The molecule has 2 aliphatic heterocycles. The molecule has 136 valence electrons. The van der Waals surface area contributed by atoms with E-state index in [0.717, 1.165) is 18.7 Å². The molecule has 26 heavy (non-hydrogen) atoms. The fourth-order valence-corrected chi connectivity index (χ4v) is 4.57. The molecule has 0 bridgehead atoms. The van der Waals surface area contributed by atoms with Gasteiger partial charge in [-0.15, -0.1) is 0 Å². The highest BCUT2D eigenvalue weighted by atomic mass is 16.5. The van der Waals surface area contributed by atoms with Crippen molar-refractivity contribution in [2.24, 2.45) is 5.92 Å². The van der Waals surface area contributed by atoms with Crippen LogP contribution in [0, 0.1) is 12.8 Å². The van der Waals surface area contributed by atoms with E-state index in [0.29, 0.717) is 19.6 Å². The number of ether oxygens (including phenoxy) is 1. The molecular weight excluding hydrogens is 326 g/mol. The summed E-state index contributed by atoms with van der Waals surface area (Å²) >= 11 is 0. The first-order valence-electron chi connectivity index (χ1n) is 9.28. The van der Waals surface area contributed by atoms with Crippen LogP contribution in [0.15, 0.2) is 54.6 Å². The second-order valence-corrected chi connectivity index (χ2v) is 7.54. The highest BCUT2D eigenvalue weighted by Gasteiger charge is 2.49. The summed E-state index contributed by atoms with van der Waals surface area (Å²) in [6, 6.07) is 18.6. The summed E-state index contributed by atoms with van der Waals surface area (Å²) in [6.45, 7) is 5.04. The Morgan fingerprint density at radius 3 is 2.42 bits per heavy atom. The lowest BCUT2D eigenvalue weighted by atomic mass is 9.76. The quantitative estimate of drug-likeness (QED) is 0.917. The Morgan fingerprint density at radius 1 is 1.12 bits per heavy atom. The first-order valence-corrected chi connectivity index (χ1v) is 9.28. The number of likely N-dealkylation sites (tertiary alicyclic amines) is 1. The molecule has 0 radical (unpaired) electrons. The Kier molecular flexibility index (Phi) is 4.55. The average Bonchev–Trinajstić information content (AvgIpc) is 2.63. The van der Waals surface area contributed by atoms with E-state index < -0.39 is 5.97 Å². The third-order valence-electron chi connectivity index (χ3n) is 6.09. The fraction of sp³-hybridized carbons (Fsp3) is 0.409. The summed E-state index contributed by atoms with van der Waals surface area (Å²) in [6.07, 6.45) is 0.669. The highest BCUT2D eigenvalue weighted by molar-refractivity contribution is 5.71. The molecule has 0 aromatic heterocycles. The normalized spacial score (nSPS) is 25.4. The van der Waals surface area contributed by atoms with Gasteiger partial charge in [0.25, 0.3) is 0 Å². The van der Waals surface area contributed by atoms with Gasteiger partial charge in [0.2, 0.25) is 0 Å². The van der Waals surface area contributed by atoms with Crippen LogP contribution in [-0.2, 0) is 15.1 Å². The third kappa shape index (κ3) is 2.83. The van der Waals surface area contributed by atoms with Gasteiger partial charge in [0.05, 0.1) is 24.7 Å². The van der Waals surface area contributed by atoms with Crippen molar-refractivity contribution in [2.75, 3.05) is 26.3 Å². The SMILES string of the molecule is Cc1ccccc1C1(N2CC[C@@H](C(=O)O)[C@H](c3ccccc3)C2)COC1. The van der Waals surface area contributed by atoms with Crippen LogP contribution >= 0.6 is 0 Å². The zero-order valence-corrected chi connectivity index (χ0v) is 15.1. The maximum Gasteiger partial charge on any atom is 0.307 e. The van der Waals surface area contributed by atoms with Crippen LogP contribution in [0.2, 0.25) is 0 Å². The number of benzene rings is 2. The van der Waals surface area contributed by atoms with Crippen molar-refractivity contribution in [3.8, 4) is 0 Å². The lowest BCUT2D eigenvalue weighted by Crippen LogP contribution is -2.62. The van der Waals surface area contributed by atoms with Crippen LogP contribution in [0.25, 0.3) is 0 Å². The predicted octanol–water partition coefficient (Wildman–Crippen LogP) is 3.41. The van der Waals surface area contributed by atoms with Gasteiger partial charge in [0, 0.05) is 19.0 Å². The standard InChI is InChI=1S/C22H25NO3/c1-16-7-5-6-10-20(16)22(14-26-15-22)23-12-11-18(21(24)25)19(13-23)17-8-3-2-4-9-17/h2-10,18-19H,11-15H2,1H3,(H,24,25)/t18-,19+/m1/s1. The monoisotopic (exact) mass is 351 g/mol. The summed E-state index contributed by atoms with van der Waals surface area (Å²) in [5.74, 6) is -1.01. The summed E-state index contributed by atoms with van der Waals surface area (Å²) < 4.78 is 5.66. The molecule has 2 heterocycles. The Bertz CT molecular complexity index is 785. The lowest BCUT2D eigenvalue weighted by molar-refractivity contribution is -0.164. The highest BCUT2D eigenvalue weighted by Crippen LogP contribution is 2.43. The minimum absolute atomic E-state index is 0.00365. The Morgan fingerprint density at radius 2 is 1.81 bits per heavy atom. The molecule has 0 spiro atoms. The second-order valence-electron chi connectivity index (χ2n) is 7.54. The maximum atomic E-state index is 11.9. The molecule has 2 aliphatic rings. The van der Waals surface area contributed by atoms with Crippen molar-refractivity contribution < 1.29 is 14.6 Å². The fourth-order valence-electron chi connectivity index (χ4n) is 4.57. The predicted molar refractivity (Wildman–Crippen MR) is 100 cm³/mol. The van der Waals surface area contributed by atoms with E-state index in [4.69, 9.17) is 4.74 Å². The molecule has 0 amide bonds. The number of hydrogen-bond acceptors (Lipinski definition) is 3. The van der Waals surface area contributed by atoms with Crippen molar-refractivity contribution in [3.63, 3.8) is 0 Å². The van der Waals surface area contributed by atoms with Gasteiger partial charge < -0.3 is 9.84 Å². The van der Waals surface area contributed by atoms with E-state index in [9.17, 15) is 9.90 Å². The van der Waals surface area contributed by atoms with Crippen LogP contribution in [0.1, 0.15) is 29.0 Å². The molecule has 2 aromatic carbocycles. The molecule has 0 aliphatic carbocycles. The van der Waals surface area contributed by atoms with Crippen molar-refractivity contribution in [1.29, 1.82) is 0 Å². The van der Waals surface area contributed by atoms with Crippen molar-refractivity contribution in [3.05, 3.63) is 71.3 Å². The summed E-state index contributed by atoms with van der Waals surface area (Å²) in [5.41, 5.74) is 3.58. The molecule has 4 nitrogen and oxygen atoms in total. The number of carbonyl (C=O) groups is 1. The first kappa shape index (κ1) is 17.3. The van der Waals surface area contributed by atoms with Gasteiger partial charge in [0.1, 0.15) is 0 Å². The summed E-state index contributed by atoms with van der Waals surface area (Å²) in [4.78, 5) is 14.3. The molecule has 4 heteroatoms.